The molecule has 120 valence electrons. The van der Waals surface area contributed by atoms with Crippen molar-refractivity contribution in [2.45, 2.75) is 44.4 Å². The molecule has 0 aromatic carbocycles. The standard InChI is InChI=1S/C12H22N4O5/c1-6(13)8(17)11(2,12(14,15)10(19)20)9(18)7-4-3-5-16(7)21/h6-7,21H,3-5,13-15H2,1-2H3,(H,19,20). The van der Waals surface area contributed by atoms with E-state index in [1.165, 1.54) is 6.92 Å². The number of carboxylic acids is 1. The van der Waals surface area contributed by atoms with E-state index in [2.05, 4.69) is 0 Å². The van der Waals surface area contributed by atoms with Crippen LogP contribution in [-0.2, 0) is 14.4 Å². The second-order valence-corrected chi connectivity index (χ2v) is 5.64. The number of nitrogens with zero attached hydrogens (tertiary/aromatic N) is 1. The Morgan fingerprint density at radius 2 is 1.86 bits per heavy atom. The van der Waals surface area contributed by atoms with Crippen molar-refractivity contribution in [3.63, 3.8) is 0 Å². The highest BCUT2D eigenvalue weighted by molar-refractivity contribution is 6.15. The van der Waals surface area contributed by atoms with E-state index in [9.17, 15) is 24.7 Å². The zero-order valence-electron chi connectivity index (χ0n) is 12.1. The van der Waals surface area contributed by atoms with Crippen molar-refractivity contribution in [2.24, 2.45) is 22.6 Å². The average Bonchev–Trinajstić information content (AvgIpc) is 2.81. The Hall–Kier alpha value is -1.39. The minimum atomic E-state index is -2.63. The maximum atomic E-state index is 12.7. The van der Waals surface area contributed by atoms with Crippen molar-refractivity contribution in [1.29, 1.82) is 0 Å². The van der Waals surface area contributed by atoms with E-state index in [1.807, 2.05) is 0 Å². The second kappa shape index (κ2) is 5.78. The summed E-state index contributed by atoms with van der Waals surface area (Å²) in [4.78, 5) is 36.3. The molecular weight excluding hydrogens is 280 g/mol. The van der Waals surface area contributed by atoms with E-state index in [1.54, 1.807) is 0 Å². The third-order valence-electron chi connectivity index (χ3n) is 4.11. The lowest BCUT2D eigenvalue weighted by atomic mass is 9.67. The van der Waals surface area contributed by atoms with Crippen LogP contribution in [0.2, 0.25) is 0 Å². The molecule has 0 spiro atoms. The number of Topliss-reactive ketones (excluding diaryl/α,β-unsaturated/α-hetero) is 2. The normalized spacial score (nSPS) is 24.4. The van der Waals surface area contributed by atoms with Crippen molar-refractivity contribution in [2.75, 3.05) is 6.54 Å². The van der Waals surface area contributed by atoms with Crippen LogP contribution in [0.25, 0.3) is 0 Å². The van der Waals surface area contributed by atoms with Crippen LogP contribution in [0.15, 0.2) is 0 Å². The molecule has 1 rings (SSSR count). The molecule has 21 heavy (non-hydrogen) atoms. The highest BCUT2D eigenvalue weighted by atomic mass is 16.5. The number of hydroxylamine groups is 2. The molecule has 1 aliphatic rings. The van der Waals surface area contributed by atoms with E-state index in [0.29, 0.717) is 6.42 Å². The lowest BCUT2D eigenvalue weighted by Gasteiger charge is -2.40. The topological polar surface area (TPSA) is 173 Å². The van der Waals surface area contributed by atoms with Gasteiger partial charge in [0, 0.05) is 6.54 Å². The first-order chi connectivity index (χ1) is 9.47. The van der Waals surface area contributed by atoms with Crippen LogP contribution in [0.1, 0.15) is 26.7 Å². The summed E-state index contributed by atoms with van der Waals surface area (Å²) in [6.07, 6.45) is 0.817. The summed E-state index contributed by atoms with van der Waals surface area (Å²) in [5.74, 6) is -3.41. The van der Waals surface area contributed by atoms with Crippen LogP contribution in [0.5, 0.6) is 0 Å². The van der Waals surface area contributed by atoms with E-state index in [0.717, 1.165) is 12.0 Å². The van der Waals surface area contributed by atoms with Gasteiger partial charge in [-0.15, -0.1) is 0 Å². The summed E-state index contributed by atoms with van der Waals surface area (Å²) in [5, 5.41) is 19.7. The number of carboxylic acid groups (broad SMARTS) is 1. The minimum absolute atomic E-state index is 0.244. The van der Waals surface area contributed by atoms with E-state index >= 15 is 0 Å². The molecule has 1 heterocycles. The molecule has 0 radical (unpaired) electrons. The summed E-state index contributed by atoms with van der Waals surface area (Å²) < 4.78 is 0. The molecular formula is C12H22N4O5. The molecule has 8 N–H and O–H groups in total. The van der Waals surface area contributed by atoms with Crippen LogP contribution in [0.3, 0.4) is 0 Å². The van der Waals surface area contributed by atoms with Crippen molar-refractivity contribution in [3.05, 3.63) is 0 Å². The Bertz CT molecular complexity index is 465. The molecule has 3 unspecified atom stereocenters. The maximum Gasteiger partial charge on any atom is 0.340 e. The van der Waals surface area contributed by atoms with Crippen LogP contribution in [-0.4, -0.2) is 57.2 Å². The third-order valence-corrected chi connectivity index (χ3v) is 4.11. The fraction of sp³-hybridized carbons (Fsp3) is 0.750. The first-order valence-electron chi connectivity index (χ1n) is 6.58. The van der Waals surface area contributed by atoms with E-state index in [-0.39, 0.29) is 13.0 Å². The Morgan fingerprint density at radius 1 is 1.33 bits per heavy atom. The quantitative estimate of drug-likeness (QED) is 0.275. The largest absolute Gasteiger partial charge is 0.479 e. The van der Waals surface area contributed by atoms with Crippen molar-refractivity contribution < 1.29 is 24.7 Å². The summed E-state index contributed by atoms with van der Waals surface area (Å²) in [6, 6.07) is -2.15. The monoisotopic (exact) mass is 302 g/mol. The van der Waals surface area contributed by atoms with E-state index in [4.69, 9.17) is 17.2 Å². The van der Waals surface area contributed by atoms with Gasteiger partial charge < -0.3 is 27.5 Å². The number of carbonyl (C=O) groups is 3. The van der Waals surface area contributed by atoms with Crippen LogP contribution >= 0.6 is 0 Å². The molecule has 3 atom stereocenters. The minimum Gasteiger partial charge on any atom is -0.479 e. The smallest absolute Gasteiger partial charge is 0.340 e. The number of aliphatic carboxylic acids is 1. The number of nitrogens with two attached hydrogens (primary N) is 3. The average molecular weight is 302 g/mol. The first kappa shape index (κ1) is 17.7. The van der Waals surface area contributed by atoms with Crippen molar-refractivity contribution >= 4 is 17.5 Å². The highest BCUT2D eigenvalue weighted by Crippen LogP contribution is 2.34. The van der Waals surface area contributed by atoms with Crippen LogP contribution in [0.4, 0.5) is 0 Å². The lowest BCUT2D eigenvalue weighted by Crippen LogP contribution is -2.74. The molecule has 0 amide bonds. The third kappa shape index (κ3) is 2.70. The Balaban J connectivity index is 3.35. The number of hydrogen-bond donors (Lipinski definition) is 5. The van der Waals surface area contributed by atoms with Gasteiger partial charge in [-0.3, -0.25) is 9.59 Å². The summed E-state index contributed by atoms with van der Waals surface area (Å²) in [5.41, 5.74) is 11.8. The van der Waals surface area contributed by atoms with Gasteiger partial charge in [-0.1, -0.05) is 0 Å². The van der Waals surface area contributed by atoms with Gasteiger partial charge in [0.25, 0.3) is 0 Å². The Labute approximate surface area is 122 Å². The Kier molecular flexibility index (Phi) is 4.86. The predicted molar refractivity (Wildman–Crippen MR) is 72.0 cm³/mol. The molecule has 1 saturated heterocycles. The zero-order valence-corrected chi connectivity index (χ0v) is 12.1. The number of ketones is 2. The van der Waals surface area contributed by atoms with Gasteiger partial charge in [0.15, 0.2) is 17.2 Å². The highest BCUT2D eigenvalue weighted by Gasteiger charge is 2.61. The zero-order chi connectivity index (χ0) is 16.6. The summed E-state index contributed by atoms with van der Waals surface area (Å²) >= 11 is 0. The fourth-order valence-corrected chi connectivity index (χ4v) is 2.55. The van der Waals surface area contributed by atoms with Gasteiger partial charge in [0.2, 0.25) is 0 Å². The van der Waals surface area contributed by atoms with Gasteiger partial charge in [-0.05, 0) is 26.7 Å². The molecule has 0 bridgehead atoms. The van der Waals surface area contributed by atoms with Crippen LogP contribution < -0.4 is 17.2 Å². The van der Waals surface area contributed by atoms with Gasteiger partial charge >= 0.3 is 5.97 Å². The summed E-state index contributed by atoms with van der Waals surface area (Å²) in [6.45, 7) is 2.63. The van der Waals surface area contributed by atoms with Crippen molar-refractivity contribution in [3.8, 4) is 0 Å². The number of carbonyl (C=O) groups excluding carboxylic acids is 2. The molecule has 0 saturated carbocycles. The molecule has 1 aliphatic heterocycles. The molecule has 0 aromatic rings. The molecule has 9 heteroatoms. The predicted octanol–water partition coefficient (Wildman–Crippen LogP) is -1.97. The van der Waals surface area contributed by atoms with Gasteiger partial charge in [-0.2, -0.15) is 5.06 Å². The van der Waals surface area contributed by atoms with Crippen LogP contribution in [0, 0.1) is 5.41 Å². The first-order valence-corrected chi connectivity index (χ1v) is 6.58. The van der Waals surface area contributed by atoms with Gasteiger partial charge in [0.1, 0.15) is 5.41 Å². The lowest BCUT2D eigenvalue weighted by molar-refractivity contribution is -0.168. The van der Waals surface area contributed by atoms with Gasteiger partial charge in [0.05, 0.1) is 12.1 Å². The number of hydrogen-bond acceptors (Lipinski definition) is 8. The molecule has 0 aliphatic carbocycles. The van der Waals surface area contributed by atoms with Crippen molar-refractivity contribution in [1.82, 2.24) is 5.06 Å². The maximum absolute atomic E-state index is 12.7. The molecule has 1 fully saturated rings. The fourth-order valence-electron chi connectivity index (χ4n) is 2.55. The second-order valence-electron chi connectivity index (χ2n) is 5.64. The molecule has 9 nitrogen and oxygen atoms in total. The van der Waals surface area contributed by atoms with E-state index < -0.39 is 40.7 Å². The number of rotatable bonds is 6. The SMILES string of the molecule is CC(N)C(=O)C(C)(C(=O)C1CCCN1O)C(N)(N)C(=O)O. The van der Waals surface area contributed by atoms with Gasteiger partial charge in [-0.25, -0.2) is 4.79 Å². The summed E-state index contributed by atoms with van der Waals surface area (Å²) in [7, 11) is 0. The molecule has 0 aromatic heterocycles. The Morgan fingerprint density at radius 3 is 2.19 bits per heavy atom.